The Morgan fingerprint density at radius 3 is 2.11 bits per heavy atom. The van der Waals surface area contributed by atoms with Crippen LogP contribution < -0.4 is 0 Å². The largest absolute Gasteiger partial charge is 0.392 e. The SMILES string of the molecule is CC(C)(C)C/C=C/CO. The molecule has 0 aromatic heterocycles. The van der Waals surface area contributed by atoms with Gasteiger partial charge in [0, 0.05) is 0 Å². The summed E-state index contributed by atoms with van der Waals surface area (Å²) in [6.45, 7) is 6.69. The van der Waals surface area contributed by atoms with Gasteiger partial charge in [0.05, 0.1) is 6.61 Å². The fraction of sp³-hybridized carbons (Fsp3) is 0.750. The lowest BCUT2D eigenvalue weighted by Gasteiger charge is -2.14. The summed E-state index contributed by atoms with van der Waals surface area (Å²) < 4.78 is 0. The summed E-state index contributed by atoms with van der Waals surface area (Å²) in [5, 5.41) is 8.38. The third kappa shape index (κ3) is 7.70. The Labute approximate surface area is 57.4 Å². The minimum atomic E-state index is 0.163. The molecule has 54 valence electrons. The minimum absolute atomic E-state index is 0.163. The van der Waals surface area contributed by atoms with E-state index in [0.29, 0.717) is 5.41 Å². The average molecular weight is 128 g/mol. The van der Waals surface area contributed by atoms with Crippen molar-refractivity contribution in [3.8, 4) is 0 Å². The smallest absolute Gasteiger partial charge is 0.0612 e. The zero-order valence-corrected chi connectivity index (χ0v) is 6.52. The molecule has 0 radical (unpaired) electrons. The Morgan fingerprint density at radius 2 is 1.78 bits per heavy atom. The lowest BCUT2D eigenvalue weighted by Crippen LogP contribution is -2.01. The van der Waals surface area contributed by atoms with E-state index in [-0.39, 0.29) is 6.61 Å². The van der Waals surface area contributed by atoms with E-state index in [9.17, 15) is 0 Å². The molecule has 0 aliphatic carbocycles. The Kier molecular flexibility index (Phi) is 3.55. The molecule has 0 atom stereocenters. The van der Waals surface area contributed by atoms with Gasteiger partial charge in [-0.3, -0.25) is 0 Å². The molecule has 0 amide bonds. The van der Waals surface area contributed by atoms with Crippen LogP contribution in [0.1, 0.15) is 27.2 Å². The van der Waals surface area contributed by atoms with Gasteiger partial charge in [0.2, 0.25) is 0 Å². The quantitative estimate of drug-likeness (QED) is 0.564. The Balaban J connectivity index is 3.38. The first-order valence-electron chi connectivity index (χ1n) is 3.32. The fourth-order valence-electron chi connectivity index (χ4n) is 0.511. The number of hydrogen-bond donors (Lipinski definition) is 1. The average Bonchev–Trinajstić information content (AvgIpc) is 1.63. The van der Waals surface area contributed by atoms with Crippen LogP contribution in [-0.2, 0) is 0 Å². The number of allylic oxidation sites excluding steroid dienone is 1. The van der Waals surface area contributed by atoms with E-state index in [2.05, 4.69) is 20.8 Å². The number of aliphatic hydroxyl groups is 1. The molecule has 9 heavy (non-hydrogen) atoms. The molecule has 0 aliphatic rings. The second-order valence-electron chi connectivity index (χ2n) is 3.42. The predicted molar refractivity (Wildman–Crippen MR) is 40.3 cm³/mol. The molecule has 0 heterocycles. The highest BCUT2D eigenvalue weighted by atomic mass is 16.2. The van der Waals surface area contributed by atoms with Crippen molar-refractivity contribution in [2.45, 2.75) is 27.2 Å². The van der Waals surface area contributed by atoms with Crippen molar-refractivity contribution >= 4 is 0 Å². The van der Waals surface area contributed by atoms with Gasteiger partial charge in [0.1, 0.15) is 0 Å². The van der Waals surface area contributed by atoms with Crippen LogP contribution in [0, 0.1) is 5.41 Å². The topological polar surface area (TPSA) is 20.2 Å². The summed E-state index contributed by atoms with van der Waals surface area (Å²) in [4.78, 5) is 0. The fourth-order valence-corrected chi connectivity index (χ4v) is 0.511. The van der Waals surface area contributed by atoms with Gasteiger partial charge >= 0.3 is 0 Å². The number of aliphatic hydroxyl groups excluding tert-OH is 1. The van der Waals surface area contributed by atoms with Gasteiger partial charge < -0.3 is 5.11 Å². The lowest BCUT2D eigenvalue weighted by molar-refractivity contribution is 0.341. The monoisotopic (exact) mass is 128 g/mol. The van der Waals surface area contributed by atoms with E-state index in [4.69, 9.17) is 5.11 Å². The minimum Gasteiger partial charge on any atom is -0.392 e. The molecule has 0 saturated carbocycles. The highest BCUT2D eigenvalue weighted by Crippen LogP contribution is 2.18. The van der Waals surface area contributed by atoms with Gasteiger partial charge in [-0.05, 0) is 11.8 Å². The van der Waals surface area contributed by atoms with Crippen LogP contribution >= 0.6 is 0 Å². The van der Waals surface area contributed by atoms with Crippen molar-refractivity contribution < 1.29 is 5.11 Å². The van der Waals surface area contributed by atoms with Gasteiger partial charge in [0.25, 0.3) is 0 Å². The highest BCUT2D eigenvalue weighted by Gasteiger charge is 2.05. The van der Waals surface area contributed by atoms with Crippen LogP contribution in [0.4, 0.5) is 0 Å². The predicted octanol–water partition coefficient (Wildman–Crippen LogP) is 1.97. The second kappa shape index (κ2) is 3.67. The molecule has 0 aliphatic heterocycles. The first kappa shape index (κ1) is 8.70. The highest BCUT2D eigenvalue weighted by molar-refractivity contribution is 4.84. The molecule has 0 spiro atoms. The Bertz CT molecular complexity index is 87.2. The molecule has 0 aromatic rings. The molecule has 0 unspecified atom stereocenters. The van der Waals surface area contributed by atoms with Crippen LogP contribution in [0.25, 0.3) is 0 Å². The molecule has 0 rings (SSSR count). The Morgan fingerprint density at radius 1 is 1.22 bits per heavy atom. The van der Waals surface area contributed by atoms with E-state index in [1.807, 2.05) is 6.08 Å². The Hall–Kier alpha value is -0.300. The normalized spacial score (nSPS) is 12.9. The lowest BCUT2D eigenvalue weighted by atomic mass is 9.92. The van der Waals surface area contributed by atoms with Crippen molar-refractivity contribution in [1.82, 2.24) is 0 Å². The maximum absolute atomic E-state index is 8.38. The van der Waals surface area contributed by atoms with Crippen molar-refractivity contribution in [3.63, 3.8) is 0 Å². The zero-order valence-electron chi connectivity index (χ0n) is 6.52. The number of hydrogen-bond acceptors (Lipinski definition) is 1. The van der Waals surface area contributed by atoms with Crippen LogP contribution in [0.3, 0.4) is 0 Å². The van der Waals surface area contributed by atoms with Crippen LogP contribution in [0.15, 0.2) is 12.2 Å². The first-order valence-corrected chi connectivity index (χ1v) is 3.32. The summed E-state index contributed by atoms with van der Waals surface area (Å²) in [6, 6.07) is 0. The molecule has 1 heteroatoms. The van der Waals surface area contributed by atoms with Gasteiger partial charge in [-0.2, -0.15) is 0 Å². The van der Waals surface area contributed by atoms with E-state index in [1.54, 1.807) is 6.08 Å². The summed E-state index contributed by atoms with van der Waals surface area (Å²) in [5.41, 5.74) is 0.353. The van der Waals surface area contributed by atoms with Crippen molar-refractivity contribution in [2.24, 2.45) is 5.41 Å². The molecule has 0 aromatic carbocycles. The maximum atomic E-state index is 8.38. The molecule has 0 fully saturated rings. The summed E-state index contributed by atoms with van der Waals surface area (Å²) in [7, 11) is 0. The third-order valence-corrected chi connectivity index (χ3v) is 1.00. The summed E-state index contributed by atoms with van der Waals surface area (Å²) in [6.07, 6.45) is 4.83. The molecule has 1 nitrogen and oxygen atoms in total. The van der Waals surface area contributed by atoms with Crippen molar-refractivity contribution in [2.75, 3.05) is 6.61 Å². The first-order chi connectivity index (χ1) is 4.06. The third-order valence-electron chi connectivity index (χ3n) is 1.00. The summed E-state index contributed by atoms with van der Waals surface area (Å²) >= 11 is 0. The van der Waals surface area contributed by atoms with Crippen LogP contribution in [0.5, 0.6) is 0 Å². The van der Waals surface area contributed by atoms with E-state index in [1.165, 1.54) is 0 Å². The van der Waals surface area contributed by atoms with Gasteiger partial charge in [-0.25, -0.2) is 0 Å². The summed E-state index contributed by atoms with van der Waals surface area (Å²) in [5.74, 6) is 0. The molecule has 1 N–H and O–H groups in total. The van der Waals surface area contributed by atoms with E-state index in [0.717, 1.165) is 6.42 Å². The van der Waals surface area contributed by atoms with Crippen molar-refractivity contribution in [3.05, 3.63) is 12.2 Å². The molecule has 0 saturated heterocycles. The van der Waals surface area contributed by atoms with Gasteiger partial charge in [-0.15, -0.1) is 0 Å². The number of rotatable bonds is 2. The van der Waals surface area contributed by atoms with Crippen LogP contribution in [-0.4, -0.2) is 11.7 Å². The van der Waals surface area contributed by atoms with E-state index >= 15 is 0 Å². The maximum Gasteiger partial charge on any atom is 0.0612 e. The van der Waals surface area contributed by atoms with E-state index < -0.39 is 0 Å². The molecule has 0 bridgehead atoms. The second-order valence-corrected chi connectivity index (χ2v) is 3.42. The van der Waals surface area contributed by atoms with Gasteiger partial charge in [0.15, 0.2) is 0 Å². The zero-order chi connectivity index (χ0) is 7.33. The van der Waals surface area contributed by atoms with Crippen molar-refractivity contribution in [1.29, 1.82) is 0 Å². The van der Waals surface area contributed by atoms with Crippen LogP contribution in [0.2, 0.25) is 0 Å². The molecular weight excluding hydrogens is 112 g/mol. The standard InChI is InChI=1S/C8H16O/c1-8(2,3)6-4-5-7-9/h4-5,9H,6-7H2,1-3H3/b5-4+. The van der Waals surface area contributed by atoms with Gasteiger partial charge in [-0.1, -0.05) is 32.9 Å². The molecular formula is C8H16O.